The fourth-order valence-corrected chi connectivity index (χ4v) is 2.42. The average Bonchev–Trinajstić information content (AvgIpc) is 2.61. The van der Waals surface area contributed by atoms with Crippen LogP contribution in [0.4, 0.5) is 0 Å². The summed E-state index contributed by atoms with van der Waals surface area (Å²) in [4.78, 5) is 17.2. The largest absolute Gasteiger partial charge is 0.493 e. The fourth-order valence-electron chi connectivity index (χ4n) is 2.42. The number of nitrogens with zero attached hydrogens (tertiary/aromatic N) is 1. The van der Waals surface area contributed by atoms with E-state index in [0.717, 1.165) is 11.4 Å². The van der Waals surface area contributed by atoms with E-state index in [4.69, 9.17) is 15.2 Å². The van der Waals surface area contributed by atoms with Crippen LogP contribution in [0.1, 0.15) is 41.1 Å². The van der Waals surface area contributed by atoms with Crippen LogP contribution in [0.15, 0.2) is 36.4 Å². The number of aryl methyl sites for hydroxylation is 1. The van der Waals surface area contributed by atoms with E-state index in [1.54, 1.807) is 25.3 Å². The Morgan fingerprint density at radius 3 is 2.72 bits per heavy atom. The second kappa shape index (κ2) is 9.03. The molecule has 0 aliphatic rings. The van der Waals surface area contributed by atoms with Gasteiger partial charge in [-0.1, -0.05) is 12.1 Å². The summed E-state index contributed by atoms with van der Waals surface area (Å²) >= 11 is 0. The van der Waals surface area contributed by atoms with Crippen LogP contribution in [0, 0.1) is 6.92 Å². The van der Waals surface area contributed by atoms with Crippen LogP contribution >= 0.6 is 0 Å². The molecule has 0 saturated carbocycles. The topological polar surface area (TPSA) is 86.5 Å². The van der Waals surface area contributed by atoms with Crippen molar-refractivity contribution < 1.29 is 14.3 Å². The van der Waals surface area contributed by atoms with Crippen LogP contribution in [-0.4, -0.2) is 31.2 Å². The minimum Gasteiger partial charge on any atom is -0.493 e. The number of amides is 1. The molecule has 1 aromatic carbocycles. The summed E-state index contributed by atoms with van der Waals surface area (Å²) in [5.74, 6) is 0.712. The van der Waals surface area contributed by atoms with Gasteiger partial charge in [0.1, 0.15) is 0 Å². The summed E-state index contributed by atoms with van der Waals surface area (Å²) in [6, 6.07) is 10.7. The molecule has 0 fully saturated rings. The molecule has 6 nitrogen and oxygen atoms in total. The normalized spacial score (nSPS) is 11.7. The molecule has 0 bridgehead atoms. The van der Waals surface area contributed by atoms with Gasteiger partial charge in [-0.2, -0.15) is 0 Å². The summed E-state index contributed by atoms with van der Waals surface area (Å²) in [5, 5.41) is 2.96. The third kappa shape index (κ3) is 4.93. The average molecular weight is 343 g/mol. The van der Waals surface area contributed by atoms with E-state index in [9.17, 15) is 4.79 Å². The van der Waals surface area contributed by atoms with E-state index in [2.05, 4.69) is 10.3 Å². The third-order valence-corrected chi connectivity index (χ3v) is 3.74. The molecule has 6 heteroatoms. The molecule has 25 heavy (non-hydrogen) atoms. The Balaban J connectivity index is 2.20. The molecular formula is C19H25N3O3. The number of methoxy groups -OCH3 is 1. The highest BCUT2D eigenvalue weighted by molar-refractivity contribution is 5.98. The first kappa shape index (κ1) is 18.7. The number of aromatic nitrogens is 1. The molecule has 0 radical (unpaired) electrons. The predicted molar refractivity (Wildman–Crippen MR) is 97.0 cm³/mol. The number of hydrogen-bond donors (Lipinski definition) is 2. The zero-order valence-electron chi connectivity index (χ0n) is 14.9. The highest BCUT2D eigenvalue weighted by Gasteiger charge is 2.19. The molecule has 3 N–H and O–H groups in total. The molecule has 0 aliphatic carbocycles. The number of nitrogens with one attached hydrogen (secondary N) is 1. The summed E-state index contributed by atoms with van der Waals surface area (Å²) in [6.07, 6.45) is 0.697. The van der Waals surface area contributed by atoms with E-state index in [1.807, 2.05) is 32.0 Å². The fraction of sp³-hybridized carbons (Fsp3) is 0.368. The maximum Gasteiger partial charge on any atom is 0.255 e. The molecule has 1 heterocycles. The quantitative estimate of drug-likeness (QED) is 0.720. The van der Waals surface area contributed by atoms with Gasteiger partial charge in [-0.25, -0.2) is 0 Å². The van der Waals surface area contributed by atoms with Crippen molar-refractivity contribution in [2.75, 3.05) is 20.3 Å². The number of carbonyl (C=O) groups is 1. The first-order valence-corrected chi connectivity index (χ1v) is 8.31. The summed E-state index contributed by atoms with van der Waals surface area (Å²) < 4.78 is 11.1. The minimum absolute atomic E-state index is 0.226. The lowest BCUT2D eigenvalue weighted by atomic mass is 10.1. The molecule has 1 amide bonds. The number of para-hydroxylation sites is 1. The van der Waals surface area contributed by atoms with Crippen LogP contribution in [-0.2, 0) is 0 Å². The standard InChI is InChI=1S/C19H25N3O3/c1-13-7-4-9-16(21-13)14(2)22-19(23)15-8-5-10-17(24-3)18(15)25-12-6-11-20/h4-5,7-10,14H,6,11-12,20H2,1-3H3,(H,22,23). The van der Waals surface area contributed by atoms with Gasteiger partial charge in [-0.15, -0.1) is 0 Å². The number of carbonyl (C=O) groups excluding carboxylic acids is 1. The van der Waals surface area contributed by atoms with Crippen molar-refractivity contribution in [3.05, 3.63) is 53.3 Å². The molecular weight excluding hydrogens is 318 g/mol. The number of benzene rings is 1. The van der Waals surface area contributed by atoms with Crippen molar-refractivity contribution in [1.29, 1.82) is 0 Å². The lowest BCUT2D eigenvalue weighted by Crippen LogP contribution is -2.28. The molecule has 1 atom stereocenters. The Morgan fingerprint density at radius 1 is 1.28 bits per heavy atom. The van der Waals surface area contributed by atoms with Crippen molar-refractivity contribution in [1.82, 2.24) is 10.3 Å². The number of rotatable bonds is 8. The van der Waals surface area contributed by atoms with Crippen molar-refractivity contribution in [2.45, 2.75) is 26.3 Å². The lowest BCUT2D eigenvalue weighted by molar-refractivity contribution is 0.0934. The Morgan fingerprint density at radius 2 is 2.04 bits per heavy atom. The van der Waals surface area contributed by atoms with Gasteiger partial charge < -0.3 is 20.5 Å². The van der Waals surface area contributed by atoms with E-state index in [1.165, 1.54) is 0 Å². The Labute approximate surface area is 148 Å². The van der Waals surface area contributed by atoms with Gasteiger partial charge in [0.2, 0.25) is 0 Å². The van der Waals surface area contributed by atoms with Gasteiger partial charge in [0.25, 0.3) is 5.91 Å². The Kier molecular flexibility index (Phi) is 6.77. The monoisotopic (exact) mass is 343 g/mol. The van der Waals surface area contributed by atoms with Crippen LogP contribution in [0.25, 0.3) is 0 Å². The first-order chi connectivity index (χ1) is 12.1. The third-order valence-electron chi connectivity index (χ3n) is 3.74. The minimum atomic E-state index is -0.238. The van der Waals surface area contributed by atoms with Crippen LogP contribution < -0.4 is 20.5 Å². The van der Waals surface area contributed by atoms with Crippen molar-refractivity contribution in [3.8, 4) is 11.5 Å². The van der Waals surface area contributed by atoms with E-state index < -0.39 is 0 Å². The lowest BCUT2D eigenvalue weighted by Gasteiger charge is -2.17. The molecule has 0 saturated heterocycles. The highest BCUT2D eigenvalue weighted by Crippen LogP contribution is 2.31. The van der Waals surface area contributed by atoms with Crippen LogP contribution in [0.5, 0.6) is 11.5 Å². The van der Waals surface area contributed by atoms with Crippen molar-refractivity contribution in [2.24, 2.45) is 5.73 Å². The summed E-state index contributed by atoms with van der Waals surface area (Å²) in [6.45, 7) is 4.76. The maximum absolute atomic E-state index is 12.7. The van der Waals surface area contributed by atoms with Gasteiger partial charge >= 0.3 is 0 Å². The van der Waals surface area contributed by atoms with Gasteiger partial charge in [-0.05, 0) is 51.1 Å². The molecule has 1 unspecified atom stereocenters. The number of ether oxygens (including phenoxy) is 2. The molecule has 2 rings (SSSR count). The number of hydrogen-bond acceptors (Lipinski definition) is 5. The SMILES string of the molecule is COc1cccc(C(=O)NC(C)c2cccc(C)n2)c1OCCCN. The summed E-state index contributed by atoms with van der Waals surface area (Å²) in [7, 11) is 1.55. The van der Waals surface area contributed by atoms with E-state index in [0.29, 0.717) is 36.6 Å². The molecule has 134 valence electrons. The van der Waals surface area contributed by atoms with E-state index in [-0.39, 0.29) is 11.9 Å². The smallest absolute Gasteiger partial charge is 0.255 e. The van der Waals surface area contributed by atoms with Gasteiger partial charge in [0, 0.05) is 5.69 Å². The van der Waals surface area contributed by atoms with Gasteiger partial charge in [0.05, 0.1) is 31.0 Å². The second-order valence-electron chi connectivity index (χ2n) is 5.73. The second-order valence-corrected chi connectivity index (χ2v) is 5.73. The van der Waals surface area contributed by atoms with Crippen LogP contribution in [0.3, 0.4) is 0 Å². The van der Waals surface area contributed by atoms with E-state index >= 15 is 0 Å². The molecule has 0 aliphatic heterocycles. The Bertz CT molecular complexity index is 719. The molecule has 0 spiro atoms. The maximum atomic E-state index is 12.7. The summed E-state index contributed by atoms with van der Waals surface area (Å²) in [5.41, 5.74) is 7.65. The zero-order chi connectivity index (χ0) is 18.2. The van der Waals surface area contributed by atoms with Crippen molar-refractivity contribution >= 4 is 5.91 Å². The van der Waals surface area contributed by atoms with Crippen molar-refractivity contribution in [3.63, 3.8) is 0 Å². The van der Waals surface area contributed by atoms with Gasteiger partial charge in [0.15, 0.2) is 11.5 Å². The van der Waals surface area contributed by atoms with Gasteiger partial charge in [-0.3, -0.25) is 9.78 Å². The van der Waals surface area contributed by atoms with Crippen LogP contribution in [0.2, 0.25) is 0 Å². The molecule has 2 aromatic rings. The highest BCUT2D eigenvalue weighted by atomic mass is 16.5. The Hall–Kier alpha value is -2.60. The predicted octanol–water partition coefficient (Wildman–Crippen LogP) is 2.62. The first-order valence-electron chi connectivity index (χ1n) is 8.31. The zero-order valence-corrected chi connectivity index (χ0v) is 14.9. The number of nitrogens with two attached hydrogens (primary N) is 1. The molecule has 1 aromatic heterocycles. The number of pyridine rings is 1.